The van der Waals surface area contributed by atoms with Crippen molar-refractivity contribution in [3.63, 3.8) is 0 Å². The Kier molecular flexibility index (Phi) is 5.30. The van der Waals surface area contributed by atoms with Gasteiger partial charge in [-0.3, -0.25) is 14.3 Å². The third-order valence-corrected chi connectivity index (χ3v) is 6.35. The fourth-order valence-corrected chi connectivity index (χ4v) is 4.56. The lowest BCUT2D eigenvalue weighted by Gasteiger charge is -2.33. The number of ketones is 1. The van der Waals surface area contributed by atoms with E-state index in [1.807, 2.05) is 30.3 Å². The molecule has 3 aromatic rings. The monoisotopic (exact) mass is 433 g/mol. The first kappa shape index (κ1) is 21.6. The number of Topliss-reactive ketones (excluding diaryl/α,β-unsaturated/α-hetero) is 1. The fourth-order valence-electron chi connectivity index (χ4n) is 4.56. The van der Waals surface area contributed by atoms with Crippen molar-refractivity contribution in [3.8, 4) is 23.9 Å². The van der Waals surface area contributed by atoms with E-state index in [4.69, 9.17) is 0 Å². The molecule has 0 fully saturated rings. The molecule has 0 spiro atoms. The van der Waals surface area contributed by atoms with Crippen LogP contribution < -0.4 is 5.56 Å². The van der Waals surface area contributed by atoms with Gasteiger partial charge in [-0.05, 0) is 36.6 Å². The Morgan fingerprint density at radius 3 is 2.06 bits per heavy atom. The van der Waals surface area contributed by atoms with Gasteiger partial charge in [-0.1, -0.05) is 48.5 Å². The highest BCUT2D eigenvalue weighted by atomic mass is 16.1. The molecule has 160 valence electrons. The topological polar surface area (TPSA) is 115 Å². The third kappa shape index (κ3) is 3.09. The second-order valence-electron chi connectivity index (χ2n) is 7.92. The Morgan fingerprint density at radius 2 is 1.52 bits per heavy atom. The van der Waals surface area contributed by atoms with Crippen LogP contribution in [0.2, 0.25) is 0 Å². The molecule has 0 N–H and O–H groups in total. The summed E-state index contributed by atoms with van der Waals surface area (Å²) in [5.74, 6) is -1.89. The highest BCUT2D eigenvalue weighted by Crippen LogP contribution is 2.49. The van der Waals surface area contributed by atoms with Crippen LogP contribution in [0.25, 0.3) is 11.3 Å². The summed E-state index contributed by atoms with van der Waals surface area (Å²) >= 11 is 0. The lowest BCUT2D eigenvalue weighted by atomic mass is 9.62. The first-order valence-corrected chi connectivity index (χ1v) is 10.3. The van der Waals surface area contributed by atoms with Crippen LogP contribution in [0.5, 0.6) is 0 Å². The zero-order valence-electron chi connectivity index (χ0n) is 18.1. The molecule has 0 aliphatic heterocycles. The second kappa shape index (κ2) is 8.11. The molecule has 7 nitrogen and oxygen atoms in total. The van der Waals surface area contributed by atoms with Crippen LogP contribution in [0, 0.1) is 46.3 Å². The molecule has 1 unspecified atom stereocenters. The van der Waals surface area contributed by atoms with E-state index in [-0.39, 0.29) is 17.6 Å². The molecule has 0 bridgehead atoms. The number of rotatable bonds is 3. The molecular weight excluding hydrogens is 414 g/mol. The highest BCUT2D eigenvalue weighted by molar-refractivity contribution is 6.14. The molecule has 2 aromatic carbocycles. The summed E-state index contributed by atoms with van der Waals surface area (Å²) in [5.41, 5.74) is -0.315. The number of nitriles is 3. The summed E-state index contributed by atoms with van der Waals surface area (Å²) in [4.78, 5) is 27.1. The molecule has 0 radical (unpaired) electrons. The average Bonchev–Trinajstić information content (AvgIpc) is 3.07. The van der Waals surface area contributed by atoms with Gasteiger partial charge < -0.3 is 0 Å². The van der Waals surface area contributed by atoms with Crippen LogP contribution in [-0.2, 0) is 11.8 Å². The van der Waals surface area contributed by atoms with Gasteiger partial charge in [-0.2, -0.15) is 15.8 Å². The van der Waals surface area contributed by atoms with Crippen LogP contribution in [0.15, 0.2) is 71.0 Å². The lowest BCUT2D eigenvalue weighted by Crippen LogP contribution is -2.41. The zero-order valence-corrected chi connectivity index (χ0v) is 18.1. The number of para-hydroxylation sites is 1. The first-order valence-electron chi connectivity index (χ1n) is 10.3. The van der Waals surface area contributed by atoms with Crippen molar-refractivity contribution in [1.82, 2.24) is 9.36 Å². The third-order valence-electron chi connectivity index (χ3n) is 6.35. The molecule has 1 aliphatic rings. The van der Waals surface area contributed by atoms with Crippen LogP contribution in [0.4, 0.5) is 0 Å². The molecule has 1 atom stereocenters. The van der Waals surface area contributed by atoms with E-state index in [0.29, 0.717) is 22.5 Å². The van der Waals surface area contributed by atoms with E-state index in [0.717, 1.165) is 0 Å². The van der Waals surface area contributed by atoms with Gasteiger partial charge in [0, 0.05) is 24.2 Å². The number of hydrogen-bond acceptors (Lipinski definition) is 5. The van der Waals surface area contributed by atoms with Gasteiger partial charge in [0.1, 0.15) is 11.6 Å². The van der Waals surface area contributed by atoms with E-state index in [2.05, 4.69) is 0 Å². The van der Waals surface area contributed by atoms with Crippen molar-refractivity contribution in [1.29, 1.82) is 15.8 Å². The quantitative estimate of drug-likeness (QED) is 0.626. The summed E-state index contributed by atoms with van der Waals surface area (Å²) in [7, 11) is 1.72. The minimum absolute atomic E-state index is 0.0364. The van der Waals surface area contributed by atoms with Crippen LogP contribution in [-0.4, -0.2) is 15.1 Å². The van der Waals surface area contributed by atoms with Gasteiger partial charge in [-0.25, -0.2) is 4.68 Å². The van der Waals surface area contributed by atoms with E-state index < -0.39 is 22.7 Å². The Morgan fingerprint density at radius 1 is 0.939 bits per heavy atom. The SMILES string of the molecule is Cc1c(C2CC(c3ccccc3)=C(C#N)C(=O)C2(C#N)C#N)c(=O)n(-c2ccccc2)n1C. The van der Waals surface area contributed by atoms with E-state index in [1.54, 1.807) is 67.2 Å². The normalized spacial score (nSPS) is 17.2. The van der Waals surface area contributed by atoms with Crippen LogP contribution in [0.3, 0.4) is 0 Å². The maximum atomic E-state index is 13.7. The van der Waals surface area contributed by atoms with Crippen molar-refractivity contribution in [2.24, 2.45) is 12.5 Å². The zero-order chi connectivity index (χ0) is 23.8. The van der Waals surface area contributed by atoms with Gasteiger partial charge in [0.2, 0.25) is 11.2 Å². The molecule has 0 saturated carbocycles. The van der Waals surface area contributed by atoms with Gasteiger partial charge in [0.15, 0.2) is 0 Å². The molecule has 1 aromatic heterocycles. The molecular formula is C26H19N5O2. The number of benzene rings is 2. The predicted octanol–water partition coefficient (Wildman–Crippen LogP) is 3.55. The van der Waals surface area contributed by atoms with Crippen molar-refractivity contribution in [3.05, 3.63) is 93.4 Å². The molecule has 1 heterocycles. The smallest absolute Gasteiger partial charge is 0.275 e. The number of aromatic nitrogens is 2. The Bertz CT molecular complexity index is 1460. The van der Waals surface area contributed by atoms with Gasteiger partial charge >= 0.3 is 0 Å². The Hall–Kier alpha value is -4.67. The largest absolute Gasteiger partial charge is 0.290 e. The second-order valence-corrected chi connectivity index (χ2v) is 7.92. The number of hydrogen-bond donors (Lipinski definition) is 0. The molecule has 0 amide bonds. The number of nitrogens with zero attached hydrogens (tertiary/aromatic N) is 5. The minimum Gasteiger partial charge on any atom is -0.290 e. The molecule has 0 saturated heterocycles. The van der Waals surface area contributed by atoms with Gasteiger partial charge in [-0.15, -0.1) is 0 Å². The summed E-state index contributed by atoms with van der Waals surface area (Å²) in [6.45, 7) is 1.73. The molecule has 1 aliphatic carbocycles. The summed E-state index contributed by atoms with van der Waals surface area (Å²) in [6, 6.07) is 23.6. The van der Waals surface area contributed by atoms with Crippen molar-refractivity contribution >= 4 is 11.4 Å². The minimum atomic E-state index is -2.18. The molecule has 7 heteroatoms. The van der Waals surface area contributed by atoms with E-state index >= 15 is 0 Å². The lowest BCUT2D eigenvalue weighted by molar-refractivity contribution is -0.120. The van der Waals surface area contributed by atoms with Gasteiger partial charge in [0.25, 0.3) is 5.56 Å². The maximum absolute atomic E-state index is 13.7. The highest BCUT2D eigenvalue weighted by Gasteiger charge is 2.54. The van der Waals surface area contributed by atoms with E-state index in [1.165, 1.54) is 4.68 Å². The molecule has 33 heavy (non-hydrogen) atoms. The van der Waals surface area contributed by atoms with Crippen molar-refractivity contribution in [2.75, 3.05) is 0 Å². The fraction of sp³-hybridized carbons (Fsp3) is 0.192. The van der Waals surface area contributed by atoms with Crippen LogP contribution >= 0.6 is 0 Å². The summed E-state index contributed by atoms with van der Waals surface area (Å²) < 4.78 is 3.11. The van der Waals surface area contributed by atoms with Crippen molar-refractivity contribution < 1.29 is 4.79 Å². The standard InChI is InChI=1S/C26H19N5O2/c1-17-23(25(33)31(30(17)2)19-11-7-4-8-12-19)22-13-20(18-9-5-3-6-10-18)21(14-27)24(32)26(22,15-28)16-29/h3-12,22H,13H2,1-2H3. The molecule has 4 rings (SSSR count). The number of carbonyl (C=O) groups is 1. The average molecular weight is 433 g/mol. The first-order chi connectivity index (χ1) is 15.9. The summed E-state index contributed by atoms with van der Waals surface area (Å²) in [5, 5.41) is 29.9. The Labute approximate surface area is 190 Å². The van der Waals surface area contributed by atoms with E-state index in [9.17, 15) is 25.4 Å². The summed E-state index contributed by atoms with van der Waals surface area (Å²) in [6.07, 6.45) is 0.0364. The Balaban J connectivity index is 2.02. The predicted molar refractivity (Wildman–Crippen MR) is 121 cm³/mol. The van der Waals surface area contributed by atoms with Crippen molar-refractivity contribution in [2.45, 2.75) is 19.3 Å². The van der Waals surface area contributed by atoms with Gasteiger partial charge in [0.05, 0.1) is 17.8 Å². The maximum Gasteiger partial charge on any atom is 0.275 e. The van der Waals surface area contributed by atoms with Crippen LogP contribution in [0.1, 0.15) is 29.2 Å². The number of carbonyl (C=O) groups excluding carboxylic acids is 1. The number of allylic oxidation sites excluding steroid dienone is 2.